The van der Waals surface area contributed by atoms with E-state index in [0.29, 0.717) is 13.1 Å². The third kappa shape index (κ3) is 3.74. The highest BCUT2D eigenvalue weighted by atomic mass is 35.5. The Morgan fingerprint density at radius 2 is 1.96 bits per heavy atom. The molecule has 2 saturated heterocycles. The molecule has 142 valence electrons. The standard InChI is InChI=1S/C20H27N3O2.ClH/c24-19-13-21-10-12-23(19)16-7-4-11-22(14-16)20(25)18-9-3-6-15-5-1-2-8-17(15)18;/h1-2,5,8,16,18,21H,3-4,6-7,9-14H2;1H. The average molecular weight is 378 g/mol. The van der Waals surface area contributed by atoms with E-state index in [4.69, 9.17) is 0 Å². The first-order valence-electron chi connectivity index (χ1n) is 9.61. The molecule has 2 fully saturated rings. The zero-order valence-corrected chi connectivity index (χ0v) is 16.0. The Morgan fingerprint density at radius 1 is 1.12 bits per heavy atom. The molecule has 2 atom stereocenters. The highest BCUT2D eigenvalue weighted by molar-refractivity contribution is 5.85. The second-order valence-electron chi connectivity index (χ2n) is 7.49. The van der Waals surface area contributed by atoms with E-state index >= 15 is 0 Å². The number of carbonyl (C=O) groups is 2. The molecule has 0 aromatic heterocycles. The summed E-state index contributed by atoms with van der Waals surface area (Å²) in [6.07, 6.45) is 5.11. The van der Waals surface area contributed by atoms with Gasteiger partial charge in [0.2, 0.25) is 11.8 Å². The van der Waals surface area contributed by atoms with Crippen molar-refractivity contribution in [2.75, 3.05) is 32.7 Å². The molecule has 1 aromatic carbocycles. The molecule has 1 N–H and O–H groups in total. The Balaban J connectivity index is 0.00000196. The lowest BCUT2D eigenvalue weighted by Gasteiger charge is -2.42. The van der Waals surface area contributed by atoms with Crippen molar-refractivity contribution in [2.45, 2.75) is 44.1 Å². The van der Waals surface area contributed by atoms with Crippen LogP contribution in [0.5, 0.6) is 0 Å². The molecule has 26 heavy (non-hydrogen) atoms. The lowest BCUT2D eigenvalue weighted by atomic mass is 9.81. The Hall–Kier alpha value is -1.59. The van der Waals surface area contributed by atoms with E-state index in [2.05, 4.69) is 23.5 Å². The van der Waals surface area contributed by atoms with Crippen molar-refractivity contribution in [3.05, 3.63) is 35.4 Å². The van der Waals surface area contributed by atoms with Crippen molar-refractivity contribution in [2.24, 2.45) is 0 Å². The first-order chi connectivity index (χ1) is 12.2. The zero-order chi connectivity index (χ0) is 17.2. The quantitative estimate of drug-likeness (QED) is 0.857. The minimum Gasteiger partial charge on any atom is -0.340 e. The predicted octanol–water partition coefficient (Wildman–Crippen LogP) is 1.95. The van der Waals surface area contributed by atoms with E-state index in [1.54, 1.807) is 0 Å². The maximum atomic E-state index is 13.2. The minimum absolute atomic E-state index is 0. The van der Waals surface area contributed by atoms with Gasteiger partial charge < -0.3 is 15.1 Å². The van der Waals surface area contributed by atoms with Crippen LogP contribution in [-0.4, -0.2) is 60.4 Å². The number of nitrogens with zero attached hydrogens (tertiary/aromatic N) is 2. The molecule has 2 unspecified atom stereocenters. The summed E-state index contributed by atoms with van der Waals surface area (Å²) in [7, 11) is 0. The fourth-order valence-electron chi connectivity index (χ4n) is 4.65. The number of rotatable bonds is 2. The Morgan fingerprint density at radius 3 is 2.81 bits per heavy atom. The first-order valence-corrected chi connectivity index (χ1v) is 9.61. The number of fused-ring (bicyclic) bond motifs is 1. The second kappa shape index (κ2) is 8.40. The van der Waals surface area contributed by atoms with Crippen LogP contribution in [0.15, 0.2) is 24.3 Å². The summed E-state index contributed by atoms with van der Waals surface area (Å²) >= 11 is 0. The van der Waals surface area contributed by atoms with Crippen LogP contribution < -0.4 is 5.32 Å². The fourth-order valence-corrected chi connectivity index (χ4v) is 4.65. The molecule has 6 heteroatoms. The van der Waals surface area contributed by atoms with Gasteiger partial charge in [0, 0.05) is 32.2 Å². The lowest BCUT2D eigenvalue weighted by Crippen LogP contribution is -2.58. The molecule has 5 nitrogen and oxygen atoms in total. The number of hydrogen-bond acceptors (Lipinski definition) is 3. The van der Waals surface area contributed by atoms with Crippen LogP contribution >= 0.6 is 12.4 Å². The number of carbonyl (C=O) groups excluding carboxylic acids is 2. The van der Waals surface area contributed by atoms with Crippen molar-refractivity contribution in [1.82, 2.24) is 15.1 Å². The molecule has 0 bridgehead atoms. The van der Waals surface area contributed by atoms with E-state index < -0.39 is 0 Å². The van der Waals surface area contributed by atoms with Crippen LogP contribution in [0.1, 0.15) is 42.7 Å². The van der Waals surface area contributed by atoms with Crippen molar-refractivity contribution < 1.29 is 9.59 Å². The number of nitrogens with one attached hydrogen (secondary N) is 1. The number of hydrogen-bond donors (Lipinski definition) is 1. The molecular weight excluding hydrogens is 350 g/mol. The van der Waals surface area contributed by atoms with E-state index in [0.717, 1.165) is 51.7 Å². The van der Waals surface area contributed by atoms with Crippen LogP contribution in [0.3, 0.4) is 0 Å². The number of halogens is 1. The third-order valence-electron chi connectivity index (χ3n) is 5.94. The van der Waals surface area contributed by atoms with E-state index in [1.165, 1.54) is 11.1 Å². The largest absolute Gasteiger partial charge is 0.340 e. The summed E-state index contributed by atoms with van der Waals surface area (Å²) in [5.74, 6) is 0.440. The number of piperidine rings is 1. The summed E-state index contributed by atoms with van der Waals surface area (Å²) in [6.45, 7) is 3.57. The number of piperazine rings is 1. The molecule has 4 rings (SSSR count). The zero-order valence-electron chi connectivity index (χ0n) is 15.2. The van der Waals surface area contributed by atoms with Gasteiger partial charge in [-0.2, -0.15) is 0 Å². The minimum atomic E-state index is 0. The monoisotopic (exact) mass is 377 g/mol. The molecular formula is C20H28ClN3O2. The van der Waals surface area contributed by atoms with Gasteiger partial charge in [-0.05, 0) is 43.2 Å². The summed E-state index contributed by atoms with van der Waals surface area (Å²) in [5, 5.41) is 3.13. The van der Waals surface area contributed by atoms with Gasteiger partial charge in [-0.15, -0.1) is 12.4 Å². The van der Waals surface area contributed by atoms with Crippen LogP contribution in [0.4, 0.5) is 0 Å². The SMILES string of the molecule is Cl.O=C(C1CCCc2ccccc21)N1CCCC(N2CCNCC2=O)C1. The molecule has 0 spiro atoms. The maximum Gasteiger partial charge on any atom is 0.236 e. The van der Waals surface area contributed by atoms with Crippen molar-refractivity contribution >= 4 is 24.2 Å². The topological polar surface area (TPSA) is 52.7 Å². The summed E-state index contributed by atoms with van der Waals surface area (Å²) in [4.78, 5) is 29.4. The van der Waals surface area contributed by atoms with Crippen LogP contribution in [-0.2, 0) is 16.0 Å². The smallest absolute Gasteiger partial charge is 0.236 e. The molecule has 2 heterocycles. The highest BCUT2D eigenvalue weighted by Gasteiger charge is 2.35. The van der Waals surface area contributed by atoms with E-state index in [9.17, 15) is 9.59 Å². The number of amides is 2. The van der Waals surface area contributed by atoms with Crippen molar-refractivity contribution in [3.8, 4) is 0 Å². The van der Waals surface area contributed by atoms with Gasteiger partial charge in [0.15, 0.2) is 0 Å². The number of benzene rings is 1. The van der Waals surface area contributed by atoms with Gasteiger partial charge in [0.25, 0.3) is 0 Å². The molecule has 3 aliphatic rings. The maximum absolute atomic E-state index is 13.2. The summed E-state index contributed by atoms with van der Waals surface area (Å²) in [5.41, 5.74) is 2.55. The lowest BCUT2D eigenvalue weighted by molar-refractivity contribution is -0.141. The van der Waals surface area contributed by atoms with Crippen LogP contribution in [0, 0.1) is 0 Å². The average Bonchev–Trinajstić information content (AvgIpc) is 2.67. The summed E-state index contributed by atoms with van der Waals surface area (Å²) < 4.78 is 0. The fraction of sp³-hybridized carbons (Fsp3) is 0.600. The molecule has 0 saturated carbocycles. The van der Waals surface area contributed by atoms with Crippen LogP contribution in [0.2, 0.25) is 0 Å². The Labute approximate surface area is 161 Å². The van der Waals surface area contributed by atoms with E-state index in [1.807, 2.05) is 15.9 Å². The molecule has 0 radical (unpaired) electrons. The number of aryl methyl sites for hydroxylation is 1. The van der Waals surface area contributed by atoms with Gasteiger partial charge in [0.1, 0.15) is 0 Å². The van der Waals surface area contributed by atoms with E-state index in [-0.39, 0.29) is 36.2 Å². The molecule has 1 aromatic rings. The normalized spacial score (nSPS) is 26.1. The van der Waals surface area contributed by atoms with Gasteiger partial charge in [-0.1, -0.05) is 24.3 Å². The van der Waals surface area contributed by atoms with Crippen molar-refractivity contribution in [3.63, 3.8) is 0 Å². The van der Waals surface area contributed by atoms with Gasteiger partial charge in [0.05, 0.1) is 12.5 Å². The van der Waals surface area contributed by atoms with Gasteiger partial charge in [-0.25, -0.2) is 0 Å². The first kappa shape index (κ1) is 19.2. The predicted molar refractivity (Wildman–Crippen MR) is 104 cm³/mol. The summed E-state index contributed by atoms with van der Waals surface area (Å²) in [6, 6.07) is 8.58. The molecule has 2 aliphatic heterocycles. The second-order valence-corrected chi connectivity index (χ2v) is 7.49. The third-order valence-corrected chi connectivity index (χ3v) is 5.94. The molecule has 2 amide bonds. The van der Waals surface area contributed by atoms with Crippen LogP contribution in [0.25, 0.3) is 0 Å². The van der Waals surface area contributed by atoms with Gasteiger partial charge >= 0.3 is 0 Å². The molecule has 1 aliphatic carbocycles. The number of likely N-dealkylation sites (tertiary alicyclic amines) is 1. The highest BCUT2D eigenvalue weighted by Crippen LogP contribution is 2.33. The Kier molecular flexibility index (Phi) is 6.20. The van der Waals surface area contributed by atoms with Crippen molar-refractivity contribution in [1.29, 1.82) is 0 Å². The Bertz CT molecular complexity index is 666. The van der Waals surface area contributed by atoms with Gasteiger partial charge in [-0.3, -0.25) is 9.59 Å².